The van der Waals surface area contributed by atoms with E-state index in [1.54, 1.807) is 12.4 Å². The van der Waals surface area contributed by atoms with E-state index in [1.165, 1.54) is 25.3 Å². The number of carbonyl (C=O) groups is 1. The lowest BCUT2D eigenvalue weighted by atomic mass is 10.3. The van der Waals surface area contributed by atoms with Gasteiger partial charge in [0.2, 0.25) is 0 Å². The summed E-state index contributed by atoms with van der Waals surface area (Å²) in [5.41, 5.74) is 0.773. The molecule has 1 aromatic carbocycles. The van der Waals surface area contributed by atoms with Crippen molar-refractivity contribution in [1.82, 2.24) is 9.97 Å². The van der Waals surface area contributed by atoms with Crippen molar-refractivity contribution in [2.75, 3.05) is 17.7 Å². The SMILES string of the molecule is COc1cc(F)cc(NC(=O)Nc2cnc(C3CC3)nc2)c1. The molecular formula is C15H15FN4O2. The molecule has 1 aliphatic carbocycles. The van der Waals surface area contributed by atoms with Gasteiger partial charge in [-0.25, -0.2) is 19.2 Å². The maximum absolute atomic E-state index is 13.3. The topological polar surface area (TPSA) is 76.1 Å². The van der Waals surface area contributed by atoms with Crippen LogP contribution in [-0.4, -0.2) is 23.1 Å². The Hall–Kier alpha value is -2.70. The van der Waals surface area contributed by atoms with Gasteiger partial charge in [0.25, 0.3) is 0 Å². The van der Waals surface area contributed by atoms with Crippen LogP contribution < -0.4 is 15.4 Å². The second-order valence-corrected chi connectivity index (χ2v) is 5.06. The van der Waals surface area contributed by atoms with Gasteiger partial charge in [-0.05, 0) is 18.9 Å². The molecule has 0 radical (unpaired) electrons. The summed E-state index contributed by atoms with van der Waals surface area (Å²) in [4.78, 5) is 20.3. The number of hydrogen-bond donors (Lipinski definition) is 2. The second kappa shape index (κ2) is 5.97. The minimum atomic E-state index is -0.504. The van der Waals surface area contributed by atoms with Crippen LogP contribution in [0.4, 0.5) is 20.6 Å². The number of urea groups is 1. The summed E-state index contributed by atoms with van der Waals surface area (Å²) >= 11 is 0. The molecule has 7 heteroatoms. The van der Waals surface area contributed by atoms with E-state index in [9.17, 15) is 9.18 Å². The van der Waals surface area contributed by atoms with Gasteiger partial charge in [-0.2, -0.15) is 0 Å². The van der Waals surface area contributed by atoms with Crippen molar-refractivity contribution in [1.29, 1.82) is 0 Å². The molecule has 1 aliphatic rings. The van der Waals surface area contributed by atoms with Gasteiger partial charge in [-0.3, -0.25) is 0 Å². The lowest BCUT2D eigenvalue weighted by Gasteiger charge is -2.09. The van der Waals surface area contributed by atoms with Crippen molar-refractivity contribution < 1.29 is 13.9 Å². The molecule has 0 bridgehead atoms. The number of nitrogens with one attached hydrogen (secondary N) is 2. The molecule has 2 N–H and O–H groups in total. The Balaban J connectivity index is 1.63. The number of methoxy groups -OCH3 is 1. The number of halogens is 1. The molecule has 1 aromatic heterocycles. The number of aromatic nitrogens is 2. The van der Waals surface area contributed by atoms with E-state index in [0.717, 1.165) is 18.7 Å². The van der Waals surface area contributed by atoms with E-state index in [4.69, 9.17) is 4.74 Å². The van der Waals surface area contributed by atoms with Crippen molar-refractivity contribution in [2.45, 2.75) is 18.8 Å². The van der Waals surface area contributed by atoms with Gasteiger partial charge >= 0.3 is 6.03 Å². The quantitative estimate of drug-likeness (QED) is 0.909. The number of rotatable bonds is 4. The fraction of sp³-hybridized carbons (Fsp3) is 0.267. The number of nitrogens with zero attached hydrogens (tertiary/aromatic N) is 2. The predicted molar refractivity (Wildman–Crippen MR) is 79.6 cm³/mol. The Morgan fingerprint density at radius 1 is 1.18 bits per heavy atom. The van der Waals surface area contributed by atoms with E-state index in [2.05, 4.69) is 20.6 Å². The summed E-state index contributed by atoms with van der Waals surface area (Å²) in [6, 6.07) is 3.45. The zero-order valence-electron chi connectivity index (χ0n) is 12.0. The molecule has 0 atom stereocenters. The summed E-state index contributed by atoms with van der Waals surface area (Å²) in [5.74, 6) is 1.10. The highest BCUT2D eigenvalue weighted by atomic mass is 19.1. The van der Waals surface area contributed by atoms with Gasteiger partial charge in [0.1, 0.15) is 17.4 Å². The number of hydrogen-bond acceptors (Lipinski definition) is 4. The van der Waals surface area contributed by atoms with Crippen molar-refractivity contribution >= 4 is 17.4 Å². The van der Waals surface area contributed by atoms with Crippen LogP contribution in [0.3, 0.4) is 0 Å². The average molecular weight is 302 g/mol. The van der Waals surface area contributed by atoms with Crippen molar-refractivity contribution in [2.24, 2.45) is 0 Å². The molecule has 0 spiro atoms. The van der Waals surface area contributed by atoms with Gasteiger partial charge in [-0.15, -0.1) is 0 Å². The fourth-order valence-electron chi connectivity index (χ4n) is 2.00. The third-order valence-corrected chi connectivity index (χ3v) is 3.24. The third-order valence-electron chi connectivity index (χ3n) is 3.24. The van der Waals surface area contributed by atoms with Crippen LogP contribution in [0.25, 0.3) is 0 Å². The first-order chi connectivity index (χ1) is 10.6. The minimum absolute atomic E-state index is 0.296. The van der Waals surface area contributed by atoms with Gasteiger partial charge < -0.3 is 15.4 Å². The van der Waals surface area contributed by atoms with Crippen LogP contribution in [-0.2, 0) is 0 Å². The van der Waals surface area contributed by atoms with E-state index in [-0.39, 0.29) is 0 Å². The monoisotopic (exact) mass is 302 g/mol. The highest BCUT2D eigenvalue weighted by Crippen LogP contribution is 2.37. The summed E-state index contributed by atoms with van der Waals surface area (Å²) < 4.78 is 18.3. The van der Waals surface area contributed by atoms with Crippen molar-refractivity contribution in [3.8, 4) is 5.75 Å². The first-order valence-electron chi connectivity index (χ1n) is 6.88. The Labute approximate surface area is 126 Å². The fourth-order valence-corrected chi connectivity index (χ4v) is 2.00. The van der Waals surface area contributed by atoms with E-state index in [0.29, 0.717) is 23.0 Å². The zero-order valence-corrected chi connectivity index (χ0v) is 12.0. The van der Waals surface area contributed by atoms with E-state index in [1.807, 2.05) is 0 Å². The van der Waals surface area contributed by atoms with Gasteiger partial charge in [0.15, 0.2) is 0 Å². The van der Waals surface area contributed by atoms with E-state index < -0.39 is 11.8 Å². The normalized spacial score (nSPS) is 13.5. The van der Waals surface area contributed by atoms with Crippen LogP contribution >= 0.6 is 0 Å². The molecule has 0 aliphatic heterocycles. The van der Waals surface area contributed by atoms with Crippen LogP contribution in [0.15, 0.2) is 30.6 Å². The summed E-state index contributed by atoms with van der Waals surface area (Å²) in [6.45, 7) is 0. The Bertz CT molecular complexity index is 686. The largest absolute Gasteiger partial charge is 0.497 e. The molecule has 1 fully saturated rings. The third kappa shape index (κ3) is 3.49. The maximum atomic E-state index is 13.3. The molecule has 6 nitrogen and oxygen atoms in total. The lowest BCUT2D eigenvalue weighted by Crippen LogP contribution is -2.19. The smallest absolute Gasteiger partial charge is 0.323 e. The molecule has 2 amide bonds. The summed E-state index contributed by atoms with van der Waals surface area (Å²) in [7, 11) is 1.43. The molecule has 114 valence electrons. The molecule has 3 rings (SSSR count). The van der Waals surface area contributed by atoms with Gasteiger partial charge in [0, 0.05) is 23.7 Å². The van der Waals surface area contributed by atoms with Gasteiger partial charge in [-0.1, -0.05) is 0 Å². The first-order valence-corrected chi connectivity index (χ1v) is 6.88. The molecule has 22 heavy (non-hydrogen) atoms. The molecule has 1 heterocycles. The molecular weight excluding hydrogens is 287 g/mol. The van der Waals surface area contributed by atoms with E-state index >= 15 is 0 Å². The molecule has 2 aromatic rings. The number of amides is 2. The Morgan fingerprint density at radius 3 is 2.50 bits per heavy atom. The summed E-state index contributed by atoms with van der Waals surface area (Å²) in [6.07, 6.45) is 5.36. The maximum Gasteiger partial charge on any atom is 0.323 e. The Morgan fingerprint density at radius 2 is 1.86 bits per heavy atom. The predicted octanol–water partition coefficient (Wildman–Crippen LogP) is 3.15. The van der Waals surface area contributed by atoms with Crippen LogP contribution in [0.1, 0.15) is 24.6 Å². The highest BCUT2D eigenvalue weighted by Gasteiger charge is 2.26. The Kier molecular flexibility index (Phi) is 3.86. The number of ether oxygens (including phenoxy) is 1. The molecule has 0 saturated heterocycles. The molecule has 0 unspecified atom stereocenters. The minimum Gasteiger partial charge on any atom is -0.497 e. The standard InChI is InChI=1S/C15H15FN4O2/c1-22-13-5-10(16)4-11(6-13)19-15(21)20-12-7-17-14(18-8-12)9-2-3-9/h4-9H,2-3H2,1H3,(H2,19,20,21). The van der Waals surface area contributed by atoms with Gasteiger partial charge in [0.05, 0.1) is 25.2 Å². The van der Waals surface area contributed by atoms with Crippen molar-refractivity contribution in [3.63, 3.8) is 0 Å². The van der Waals surface area contributed by atoms with Crippen LogP contribution in [0.5, 0.6) is 5.75 Å². The first kappa shape index (κ1) is 14.2. The van der Waals surface area contributed by atoms with Crippen LogP contribution in [0, 0.1) is 5.82 Å². The average Bonchev–Trinajstić information content (AvgIpc) is 3.32. The highest BCUT2D eigenvalue weighted by molar-refractivity contribution is 5.99. The zero-order chi connectivity index (χ0) is 15.5. The van der Waals surface area contributed by atoms with Crippen molar-refractivity contribution in [3.05, 3.63) is 42.2 Å². The number of carbonyl (C=O) groups excluding carboxylic acids is 1. The molecule has 1 saturated carbocycles. The lowest BCUT2D eigenvalue weighted by molar-refractivity contribution is 0.262. The van der Waals surface area contributed by atoms with Crippen LogP contribution in [0.2, 0.25) is 0 Å². The number of anilines is 2. The summed E-state index contributed by atoms with van der Waals surface area (Å²) in [5, 5.41) is 5.13. The number of benzene rings is 1. The second-order valence-electron chi connectivity index (χ2n) is 5.06.